The summed E-state index contributed by atoms with van der Waals surface area (Å²) in [5.74, 6) is -0.712. The third-order valence-corrected chi connectivity index (χ3v) is 4.83. The van der Waals surface area contributed by atoms with E-state index in [1.165, 1.54) is 36.8 Å². The van der Waals surface area contributed by atoms with Gasteiger partial charge in [0.25, 0.3) is 0 Å². The standard InChI is InChI=1S/C24H32N2O2/c1-2-3-4-6-9-20-12-16-22(17-13-20)25-26-23-18-14-21(15-19-23)10-7-5-8-11-24(27)28/h12-19H,2-11H2,1H3,(H,27,28). The quantitative estimate of drug-likeness (QED) is 0.290. The molecule has 0 radical (unpaired) electrons. The van der Waals surface area contributed by atoms with Gasteiger partial charge in [-0.1, -0.05) is 56.9 Å². The van der Waals surface area contributed by atoms with Crippen LogP contribution in [0, 0.1) is 0 Å². The van der Waals surface area contributed by atoms with Gasteiger partial charge in [0.1, 0.15) is 0 Å². The van der Waals surface area contributed by atoms with Crippen molar-refractivity contribution in [3.63, 3.8) is 0 Å². The van der Waals surface area contributed by atoms with Gasteiger partial charge < -0.3 is 5.11 Å². The normalized spacial score (nSPS) is 11.2. The molecule has 0 aliphatic heterocycles. The number of unbranched alkanes of at least 4 members (excludes halogenated alkanes) is 5. The van der Waals surface area contributed by atoms with E-state index in [9.17, 15) is 4.79 Å². The molecule has 0 unspecified atom stereocenters. The van der Waals surface area contributed by atoms with E-state index in [1.54, 1.807) is 0 Å². The zero-order valence-corrected chi connectivity index (χ0v) is 16.9. The Morgan fingerprint density at radius 2 is 1.18 bits per heavy atom. The number of benzene rings is 2. The predicted molar refractivity (Wildman–Crippen MR) is 115 cm³/mol. The minimum absolute atomic E-state index is 0.263. The number of hydrogen-bond donors (Lipinski definition) is 1. The number of nitrogens with zero attached hydrogens (tertiary/aromatic N) is 2. The number of carboxylic acid groups (broad SMARTS) is 1. The average molecular weight is 381 g/mol. The highest BCUT2D eigenvalue weighted by molar-refractivity contribution is 5.66. The van der Waals surface area contributed by atoms with Crippen LogP contribution >= 0.6 is 0 Å². The van der Waals surface area contributed by atoms with E-state index < -0.39 is 5.97 Å². The Kier molecular flexibility index (Phi) is 9.98. The molecular formula is C24H32N2O2. The van der Waals surface area contributed by atoms with E-state index in [0.717, 1.165) is 43.5 Å². The Bertz CT molecular complexity index is 721. The highest BCUT2D eigenvalue weighted by atomic mass is 16.4. The van der Waals surface area contributed by atoms with Gasteiger partial charge in [-0.2, -0.15) is 10.2 Å². The Hall–Kier alpha value is -2.49. The first-order valence-electron chi connectivity index (χ1n) is 10.5. The number of azo groups is 1. The minimum Gasteiger partial charge on any atom is -0.481 e. The van der Waals surface area contributed by atoms with E-state index in [0.29, 0.717) is 0 Å². The van der Waals surface area contributed by atoms with Crippen molar-refractivity contribution in [3.8, 4) is 0 Å². The van der Waals surface area contributed by atoms with E-state index >= 15 is 0 Å². The fourth-order valence-corrected chi connectivity index (χ4v) is 3.11. The van der Waals surface area contributed by atoms with Crippen LogP contribution in [-0.4, -0.2) is 11.1 Å². The molecule has 0 saturated carbocycles. The molecule has 0 bridgehead atoms. The molecule has 4 heteroatoms. The van der Waals surface area contributed by atoms with Crippen LogP contribution in [0.4, 0.5) is 11.4 Å². The number of aliphatic carboxylic acids is 1. The Morgan fingerprint density at radius 1 is 0.714 bits per heavy atom. The SMILES string of the molecule is CCCCCCc1ccc(N=Nc2ccc(CCCCCC(=O)O)cc2)cc1. The van der Waals surface area contributed by atoms with Crippen molar-refractivity contribution in [3.05, 3.63) is 59.7 Å². The summed E-state index contributed by atoms with van der Waals surface area (Å²) >= 11 is 0. The largest absolute Gasteiger partial charge is 0.481 e. The predicted octanol–water partition coefficient (Wildman–Crippen LogP) is 7.41. The summed E-state index contributed by atoms with van der Waals surface area (Å²) in [4.78, 5) is 10.5. The molecule has 0 saturated heterocycles. The second-order valence-electron chi connectivity index (χ2n) is 7.30. The van der Waals surface area contributed by atoms with Crippen LogP contribution in [-0.2, 0) is 17.6 Å². The number of hydrogen-bond acceptors (Lipinski definition) is 3. The maximum absolute atomic E-state index is 10.5. The lowest BCUT2D eigenvalue weighted by Gasteiger charge is -2.02. The van der Waals surface area contributed by atoms with Gasteiger partial charge in [0.2, 0.25) is 0 Å². The molecule has 2 aromatic rings. The van der Waals surface area contributed by atoms with Crippen molar-refractivity contribution >= 4 is 17.3 Å². The van der Waals surface area contributed by atoms with E-state index in [1.807, 2.05) is 24.3 Å². The maximum Gasteiger partial charge on any atom is 0.303 e. The van der Waals surface area contributed by atoms with Gasteiger partial charge >= 0.3 is 5.97 Å². The van der Waals surface area contributed by atoms with Gasteiger partial charge in [-0.15, -0.1) is 0 Å². The molecule has 0 atom stereocenters. The molecule has 2 aromatic carbocycles. The molecule has 4 nitrogen and oxygen atoms in total. The molecule has 0 heterocycles. The van der Waals surface area contributed by atoms with E-state index in [4.69, 9.17) is 5.11 Å². The van der Waals surface area contributed by atoms with Gasteiger partial charge in [-0.05, 0) is 67.5 Å². The molecule has 0 amide bonds. The summed E-state index contributed by atoms with van der Waals surface area (Å²) in [6.45, 7) is 2.23. The van der Waals surface area contributed by atoms with Crippen molar-refractivity contribution in [1.82, 2.24) is 0 Å². The highest BCUT2D eigenvalue weighted by Crippen LogP contribution is 2.20. The summed E-state index contributed by atoms with van der Waals surface area (Å²) in [5, 5.41) is 17.3. The molecule has 0 aliphatic rings. The van der Waals surface area contributed by atoms with E-state index in [-0.39, 0.29) is 6.42 Å². The summed E-state index contributed by atoms with van der Waals surface area (Å²) in [6, 6.07) is 16.5. The molecular weight excluding hydrogens is 348 g/mol. The molecule has 2 rings (SSSR count). The van der Waals surface area contributed by atoms with Crippen molar-refractivity contribution < 1.29 is 9.90 Å². The second-order valence-corrected chi connectivity index (χ2v) is 7.30. The second kappa shape index (κ2) is 12.8. The number of carbonyl (C=O) groups is 1. The first-order valence-corrected chi connectivity index (χ1v) is 10.5. The van der Waals surface area contributed by atoms with Crippen molar-refractivity contribution in [2.45, 2.75) is 71.1 Å². The fraction of sp³-hybridized carbons (Fsp3) is 0.458. The summed E-state index contributed by atoms with van der Waals surface area (Å²) in [5.41, 5.74) is 4.34. The highest BCUT2D eigenvalue weighted by Gasteiger charge is 1.99. The van der Waals surface area contributed by atoms with Crippen molar-refractivity contribution in [2.24, 2.45) is 10.2 Å². The molecule has 28 heavy (non-hydrogen) atoms. The van der Waals surface area contributed by atoms with Crippen LogP contribution in [0.3, 0.4) is 0 Å². The fourth-order valence-electron chi connectivity index (χ4n) is 3.11. The van der Waals surface area contributed by atoms with Crippen molar-refractivity contribution in [2.75, 3.05) is 0 Å². The summed E-state index contributed by atoms with van der Waals surface area (Å²) in [7, 11) is 0. The lowest BCUT2D eigenvalue weighted by molar-refractivity contribution is -0.137. The molecule has 0 aromatic heterocycles. The number of carboxylic acids is 1. The zero-order valence-electron chi connectivity index (χ0n) is 16.9. The van der Waals surface area contributed by atoms with Gasteiger partial charge in [0.15, 0.2) is 0 Å². The molecule has 0 aliphatic carbocycles. The molecule has 150 valence electrons. The average Bonchev–Trinajstić information content (AvgIpc) is 2.71. The van der Waals surface area contributed by atoms with Crippen LogP contribution in [0.2, 0.25) is 0 Å². The molecule has 0 fully saturated rings. The topological polar surface area (TPSA) is 62.0 Å². The monoisotopic (exact) mass is 380 g/mol. The van der Waals surface area contributed by atoms with Gasteiger partial charge in [-0.3, -0.25) is 4.79 Å². The van der Waals surface area contributed by atoms with Crippen LogP contribution < -0.4 is 0 Å². The summed E-state index contributed by atoms with van der Waals surface area (Å²) < 4.78 is 0. The van der Waals surface area contributed by atoms with Gasteiger partial charge in [0, 0.05) is 6.42 Å². The zero-order chi connectivity index (χ0) is 20.0. The first-order chi connectivity index (χ1) is 13.7. The third-order valence-electron chi connectivity index (χ3n) is 4.83. The molecule has 1 N–H and O–H groups in total. The van der Waals surface area contributed by atoms with Crippen LogP contribution in [0.25, 0.3) is 0 Å². The van der Waals surface area contributed by atoms with Crippen LogP contribution in [0.5, 0.6) is 0 Å². The smallest absolute Gasteiger partial charge is 0.303 e. The van der Waals surface area contributed by atoms with E-state index in [2.05, 4.69) is 41.4 Å². The third kappa shape index (κ3) is 8.94. The van der Waals surface area contributed by atoms with Crippen LogP contribution in [0.1, 0.15) is 69.4 Å². The lowest BCUT2D eigenvalue weighted by Crippen LogP contribution is -1.94. The minimum atomic E-state index is -0.712. The van der Waals surface area contributed by atoms with Crippen LogP contribution in [0.15, 0.2) is 58.8 Å². The summed E-state index contributed by atoms with van der Waals surface area (Å²) in [6.07, 6.45) is 10.2. The molecule has 0 spiro atoms. The lowest BCUT2D eigenvalue weighted by atomic mass is 10.1. The first kappa shape index (κ1) is 21.8. The maximum atomic E-state index is 10.5. The number of rotatable bonds is 13. The van der Waals surface area contributed by atoms with Crippen molar-refractivity contribution in [1.29, 1.82) is 0 Å². The number of aryl methyl sites for hydroxylation is 2. The van der Waals surface area contributed by atoms with Gasteiger partial charge in [-0.25, -0.2) is 0 Å². The van der Waals surface area contributed by atoms with Gasteiger partial charge in [0.05, 0.1) is 11.4 Å². The Morgan fingerprint density at radius 3 is 1.61 bits per heavy atom. The Labute approximate surface area is 168 Å². The Balaban J connectivity index is 1.75.